The molecule has 2 amide bonds. The number of benzene rings is 2. The quantitative estimate of drug-likeness (QED) is 0.577. The number of fused-ring (bicyclic) bond motifs is 3. The molecule has 2 aromatic rings. The molecule has 0 saturated heterocycles. The summed E-state index contributed by atoms with van der Waals surface area (Å²) in [4.78, 5) is 35.2. The molecule has 3 rings (SSSR count). The molecule has 1 aliphatic rings. The minimum absolute atomic E-state index is 0.0311. The lowest BCUT2D eigenvalue weighted by Gasteiger charge is -2.23. The van der Waals surface area contributed by atoms with Crippen molar-refractivity contribution in [2.45, 2.75) is 31.7 Å². The fourth-order valence-corrected chi connectivity index (χ4v) is 3.69. The van der Waals surface area contributed by atoms with Crippen molar-refractivity contribution in [3.8, 4) is 11.1 Å². The van der Waals surface area contributed by atoms with Crippen LogP contribution in [0.4, 0.5) is 13.6 Å². The molecular weight excluding hydrogens is 422 g/mol. The molecular formula is C23H24F2N2O5. The molecule has 0 fully saturated rings. The summed E-state index contributed by atoms with van der Waals surface area (Å²) in [6, 6.07) is 14.4. The van der Waals surface area contributed by atoms with Gasteiger partial charge >= 0.3 is 18.0 Å². The maximum atomic E-state index is 13.2. The van der Waals surface area contributed by atoms with Crippen molar-refractivity contribution in [3.05, 3.63) is 59.7 Å². The predicted molar refractivity (Wildman–Crippen MR) is 112 cm³/mol. The average Bonchev–Trinajstić information content (AvgIpc) is 3.08. The van der Waals surface area contributed by atoms with Gasteiger partial charge in [0.15, 0.2) is 0 Å². The molecule has 32 heavy (non-hydrogen) atoms. The number of nitrogens with one attached hydrogen (secondary N) is 2. The molecule has 170 valence electrons. The number of halogens is 2. The highest BCUT2D eigenvalue weighted by atomic mass is 19.3. The number of hydrogen-bond acceptors (Lipinski definition) is 4. The molecule has 0 unspecified atom stereocenters. The number of alkyl carbamates (subject to hydrolysis) is 1. The number of carbonyl (C=O) groups excluding carboxylic acids is 2. The van der Waals surface area contributed by atoms with Crippen LogP contribution in [-0.2, 0) is 14.3 Å². The van der Waals surface area contributed by atoms with Crippen molar-refractivity contribution in [2.75, 3.05) is 13.2 Å². The number of hydrogen-bond donors (Lipinski definition) is 3. The summed E-state index contributed by atoms with van der Waals surface area (Å²) in [5.74, 6) is -8.00. The molecule has 2 aromatic carbocycles. The maximum absolute atomic E-state index is 13.2. The van der Waals surface area contributed by atoms with Gasteiger partial charge in [0.1, 0.15) is 12.6 Å². The Balaban J connectivity index is 1.63. The molecule has 3 N–H and O–H groups in total. The third-order valence-corrected chi connectivity index (χ3v) is 5.36. The molecule has 1 aliphatic carbocycles. The molecule has 0 aliphatic heterocycles. The highest BCUT2D eigenvalue weighted by Crippen LogP contribution is 2.44. The monoisotopic (exact) mass is 446 g/mol. The Hall–Kier alpha value is -3.49. The van der Waals surface area contributed by atoms with Crippen LogP contribution < -0.4 is 10.6 Å². The second-order valence-corrected chi connectivity index (χ2v) is 7.92. The second-order valence-electron chi connectivity index (χ2n) is 7.92. The number of alkyl halides is 2. The first-order valence-corrected chi connectivity index (χ1v) is 10.1. The van der Waals surface area contributed by atoms with Crippen LogP contribution in [-0.4, -0.2) is 48.2 Å². The lowest BCUT2D eigenvalue weighted by atomic mass is 9.98. The number of rotatable bonds is 8. The zero-order valence-electron chi connectivity index (χ0n) is 17.6. The van der Waals surface area contributed by atoms with Gasteiger partial charge in [-0.05, 0) is 28.2 Å². The van der Waals surface area contributed by atoms with Gasteiger partial charge in [-0.2, -0.15) is 8.78 Å². The lowest BCUT2D eigenvalue weighted by Crippen LogP contribution is -2.53. The normalized spacial score (nSPS) is 13.8. The molecule has 0 heterocycles. The Morgan fingerprint density at radius 2 is 1.56 bits per heavy atom. The second kappa shape index (κ2) is 9.33. The van der Waals surface area contributed by atoms with Gasteiger partial charge in [-0.3, -0.25) is 4.79 Å². The van der Waals surface area contributed by atoms with Crippen LogP contribution in [0.25, 0.3) is 11.1 Å². The molecule has 0 aromatic heterocycles. The average molecular weight is 446 g/mol. The minimum atomic E-state index is -4.11. The van der Waals surface area contributed by atoms with Crippen molar-refractivity contribution >= 4 is 18.0 Å². The van der Waals surface area contributed by atoms with Crippen LogP contribution in [0.3, 0.4) is 0 Å². The number of aliphatic carboxylic acids is 1. The SMILES string of the molecule is CC(C)[C@@H](NC(=O)OCC1c2ccccc2-c2ccccc21)C(=O)NCC(F)(F)C(=O)O. The summed E-state index contributed by atoms with van der Waals surface area (Å²) in [6.07, 6.45) is -0.870. The van der Waals surface area contributed by atoms with Crippen LogP contribution in [0.15, 0.2) is 48.5 Å². The first kappa shape index (κ1) is 23.2. The van der Waals surface area contributed by atoms with Crippen LogP contribution >= 0.6 is 0 Å². The zero-order valence-corrected chi connectivity index (χ0v) is 17.6. The van der Waals surface area contributed by atoms with Gasteiger partial charge in [0, 0.05) is 5.92 Å². The van der Waals surface area contributed by atoms with E-state index >= 15 is 0 Å². The summed E-state index contributed by atoms with van der Waals surface area (Å²) in [5, 5.41) is 12.7. The molecule has 9 heteroatoms. The van der Waals surface area contributed by atoms with E-state index in [9.17, 15) is 23.2 Å². The van der Waals surface area contributed by atoms with E-state index in [1.54, 1.807) is 13.8 Å². The molecule has 7 nitrogen and oxygen atoms in total. The van der Waals surface area contributed by atoms with Crippen molar-refractivity contribution < 1.29 is 33.0 Å². The Bertz CT molecular complexity index is 979. The van der Waals surface area contributed by atoms with Gasteiger partial charge in [-0.25, -0.2) is 9.59 Å². The summed E-state index contributed by atoms with van der Waals surface area (Å²) in [7, 11) is 0. The number of carboxylic acids is 1. The van der Waals surface area contributed by atoms with Gasteiger partial charge in [-0.1, -0.05) is 62.4 Å². The summed E-state index contributed by atoms with van der Waals surface area (Å²) in [5.41, 5.74) is 4.18. The van der Waals surface area contributed by atoms with Crippen LogP contribution in [0.5, 0.6) is 0 Å². The Kier molecular flexibility index (Phi) is 6.76. The molecule has 0 bridgehead atoms. The highest BCUT2D eigenvalue weighted by Gasteiger charge is 2.40. The number of amides is 2. The van der Waals surface area contributed by atoms with E-state index in [-0.39, 0.29) is 12.5 Å². The van der Waals surface area contributed by atoms with Crippen molar-refractivity contribution in [1.82, 2.24) is 10.6 Å². The Labute approximate surface area is 183 Å². The Morgan fingerprint density at radius 1 is 1.03 bits per heavy atom. The fourth-order valence-electron chi connectivity index (χ4n) is 3.69. The van der Waals surface area contributed by atoms with Crippen molar-refractivity contribution in [1.29, 1.82) is 0 Å². The van der Waals surface area contributed by atoms with Gasteiger partial charge in [-0.15, -0.1) is 0 Å². The van der Waals surface area contributed by atoms with E-state index in [0.717, 1.165) is 22.3 Å². The molecule has 0 radical (unpaired) electrons. The third kappa shape index (κ3) is 4.87. The Morgan fingerprint density at radius 3 is 2.06 bits per heavy atom. The summed E-state index contributed by atoms with van der Waals surface area (Å²) in [6.45, 7) is 1.88. The predicted octanol–water partition coefficient (Wildman–Crippen LogP) is 3.39. The van der Waals surface area contributed by atoms with Gasteiger partial charge in [0.05, 0.1) is 6.54 Å². The standard InChI is InChI=1S/C23H24F2N2O5/c1-13(2)19(20(28)26-12-23(24,25)21(29)30)27-22(31)32-11-18-16-9-5-3-7-14(16)15-8-4-6-10-17(15)18/h3-10,13,18-19H,11-12H2,1-2H3,(H,26,28)(H,27,31)(H,29,30)/t19-/m1/s1. The van der Waals surface area contributed by atoms with E-state index in [1.807, 2.05) is 53.8 Å². The summed E-state index contributed by atoms with van der Waals surface area (Å²) >= 11 is 0. The van der Waals surface area contributed by atoms with Crippen LogP contribution in [0, 0.1) is 5.92 Å². The van der Waals surface area contributed by atoms with Gasteiger partial charge in [0.25, 0.3) is 0 Å². The van der Waals surface area contributed by atoms with Crippen molar-refractivity contribution in [3.63, 3.8) is 0 Å². The zero-order chi connectivity index (χ0) is 23.5. The number of ether oxygens (including phenoxy) is 1. The van der Waals surface area contributed by atoms with E-state index < -0.39 is 42.4 Å². The van der Waals surface area contributed by atoms with E-state index in [0.29, 0.717) is 0 Å². The van der Waals surface area contributed by atoms with Gasteiger partial charge < -0.3 is 20.5 Å². The molecule has 0 saturated carbocycles. The first-order chi connectivity index (χ1) is 15.1. The van der Waals surface area contributed by atoms with E-state index in [2.05, 4.69) is 5.32 Å². The molecule has 0 spiro atoms. The highest BCUT2D eigenvalue weighted by molar-refractivity contribution is 5.87. The maximum Gasteiger partial charge on any atom is 0.407 e. The first-order valence-electron chi connectivity index (χ1n) is 10.1. The minimum Gasteiger partial charge on any atom is -0.477 e. The fraction of sp³-hybridized carbons (Fsp3) is 0.348. The summed E-state index contributed by atoms with van der Waals surface area (Å²) < 4.78 is 31.9. The lowest BCUT2D eigenvalue weighted by molar-refractivity contribution is -0.164. The van der Waals surface area contributed by atoms with Crippen molar-refractivity contribution in [2.24, 2.45) is 5.92 Å². The molecule has 1 atom stereocenters. The van der Waals surface area contributed by atoms with E-state index in [4.69, 9.17) is 9.84 Å². The van der Waals surface area contributed by atoms with Crippen LogP contribution in [0.2, 0.25) is 0 Å². The van der Waals surface area contributed by atoms with Gasteiger partial charge in [0.2, 0.25) is 5.91 Å². The van der Waals surface area contributed by atoms with Crippen LogP contribution in [0.1, 0.15) is 30.9 Å². The number of carboxylic acid groups (broad SMARTS) is 1. The smallest absolute Gasteiger partial charge is 0.407 e. The number of carbonyl (C=O) groups is 3. The largest absolute Gasteiger partial charge is 0.477 e. The topological polar surface area (TPSA) is 105 Å². The van der Waals surface area contributed by atoms with E-state index in [1.165, 1.54) is 0 Å². The third-order valence-electron chi connectivity index (χ3n) is 5.36.